The number of carboxylic acid groups (broad SMARTS) is 1. The molecule has 198 valence electrons. The van der Waals surface area contributed by atoms with Gasteiger partial charge in [-0.3, -0.25) is 14.6 Å². The third-order valence-corrected chi connectivity index (χ3v) is 8.13. The molecule has 7 nitrogen and oxygen atoms in total. The first-order valence-electron chi connectivity index (χ1n) is 13.3. The maximum Gasteiger partial charge on any atom is 0.303 e. The molecule has 1 aromatic carbocycles. The van der Waals surface area contributed by atoms with E-state index >= 15 is 0 Å². The van der Waals surface area contributed by atoms with Gasteiger partial charge in [-0.15, -0.1) is 0 Å². The van der Waals surface area contributed by atoms with Gasteiger partial charge in [-0.25, -0.2) is 4.31 Å². The molecule has 0 bridgehead atoms. The van der Waals surface area contributed by atoms with E-state index in [0.29, 0.717) is 0 Å². The monoisotopic (exact) mass is 514 g/mol. The molecule has 0 atom stereocenters. The number of piperidine rings is 1. The van der Waals surface area contributed by atoms with Crippen molar-refractivity contribution in [1.82, 2.24) is 9.62 Å². The van der Waals surface area contributed by atoms with Crippen molar-refractivity contribution in [2.24, 2.45) is 4.99 Å². The largest absolute Gasteiger partial charge is 0.481 e. The van der Waals surface area contributed by atoms with Gasteiger partial charge < -0.3 is 15.7 Å². The summed E-state index contributed by atoms with van der Waals surface area (Å²) in [6, 6.07) is 4.34. The number of anilines is 1. The Kier molecular flexibility index (Phi) is 10.9. The van der Waals surface area contributed by atoms with Gasteiger partial charge in [0.2, 0.25) is 0 Å². The molecule has 2 heterocycles. The Bertz CT molecular complexity index is 945. The molecule has 0 radical (unpaired) electrons. The SMILES string of the molecule is CNc1cc(C)c(/C=C/SN2CCC3(CC2)N=C(CCCCCCCCCC(=O)O)NC3=O)c(C)c1. The van der Waals surface area contributed by atoms with E-state index in [2.05, 4.69) is 52.4 Å². The Morgan fingerprint density at radius 1 is 1.11 bits per heavy atom. The molecule has 3 rings (SSSR count). The molecular weight excluding hydrogens is 472 g/mol. The summed E-state index contributed by atoms with van der Waals surface area (Å²) in [7, 11) is 1.94. The highest BCUT2D eigenvalue weighted by Crippen LogP contribution is 2.33. The van der Waals surface area contributed by atoms with Gasteiger partial charge in [0.25, 0.3) is 5.91 Å². The first kappa shape index (κ1) is 28.3. The molecule has 2 aliphatic rings. The zero-order chi connectivity index (χ0) is 26.0. The van der Waals surface area contributed by atoms with Gasteiger partial charge in [-0.05, 0) is 79.8 Å². The Morgan fingerprint density at radius 3 is 2.33 bits per heavy atom. The predicted octanol–water partition coefficient (Wildman–Crippen LogP) is 5.92. The number of carbonyl (C=O) groups excluding carboxylic acids is 1. The number of amides is 1. The van der Waals surface area contributed by atoms with Crippen molar-refractivity contribution in [3.8, 4) is 0 Å². The first-order valence-corrected chi connectivity index (χ1v) is 14.2. The van der Waals surface area contributed by atoms with Crippen LogP contribution in [0.3, 0.4) is 0 Å². The molecule has 3 N–H and O–H groups in total. The van der Waals surface area contributed by atoms with Crippen molar-refractivity contribution in [2.75, 3.05) is 25.5 Å². The average Bonchev–Trinajstić information content (AvgIpc) is 3.14. The summed E-state index contributed by atoms with van der Waals surface area (Å²) in [6.07, 6.45) is 12.1. The van der Waals surface area contributed by atoms with Crippen LogP contribution in [-0.2, 0) is 9.59 Å². The summed E-state index contributed by atoms with van der Waals surface area (Å²) < 4.78 is 2.33. The highest BCUT2D eigenvalue weighted by molar-refractivity contribution is 8.00. The lowest BCUT2D eigenvalue weighted by Crippen LogP contribution is -2.47. The minimum absolute atomic E-state index is 0.0759. The van der Waals surface area contributed by atoms with Gasteiger partial charge in [0.05, 0.1) is 0 Å². The lowest BCUT2D eigenvalue weighted by Gasteiger charge is -2.34. The van der Waals surface area contributed by atoms with E-state index in [1.807, 2.05) is 7.05 Å². The number of carbonyl (C=O) groups is 2. The van der Waals surface area contributed by atoms with Crippen molar-refractivity contribution in [1.29, 1.82) is 0 Å². The second-order valence-electron chi connectivity index (χ2n) is 10.0. The molecule has 1 amide bonds. The van der Waals surface area contributed by atoms with Crippen LogP contribution in [0.5, 0.6) is 0 Å². The molecule has 0 saturated carbocycles. The lowest BCUT2D eigenvalue weighted by atomic mass is 9.89. The van der Waals surface area contributed by atoms with Crippen LogP contribution in [0, 0.1) is 13.8 Å². The number of carboxylic acids is 1. The van der Waals surface area contributed by atoms with Gasteiger partial charge in [-0.1, -0.05) is 44.1 Å². The van der Waals surface area contributed by atoms with E-state index in [4.69, 9.17) is 10.1 Å². The standard InChI is InChI=1S/C28H42N4O3S/c1-21-19-23(29-3)20-22(2)24(21)13-18-36-32-16-14-28(15-17-32)27(35)30-25(31-28)11-9-7-5-4-6-8-10-12-26(33)34/h13,18-20,29H,4-12,14-17H2,1-3H3,(H,33,34)(H,30,31,35)/b18-13+. The van der Waals surface area contributed by atoms with E-state index < -0.39 is 11.5 Å². The molecule has 1 aromatic rings. The summed E-state index contributed by atoms with van der Waals surface area (Å²) in [5, 5.41) is 17.1. The molecule has 1 saturated heterocycles. The second-order valence-corrected chi connectivity index (χ2v) is 11.0. The van der Waals surface area contributed by atoms with Crippen molar-refractivity contribution < 1.29 is 14.7 Å². The van der Waals surface area contributed by atoms with Crippen LogP contribution in [0.25, 0.3) is 6.08 Å². The highest BCUT2D eigenvalue weighted by Gasteiger charge is 2.45. The first-order chi connectivity index (χ1) is 17.3. The van der Waals surface area contributed by atoms with Gasteiger partial charge in [0, 0.05) is 38.7 Å². The normalized spacial score (nSPS) is 17.5. The van der Waals surface area contributed by atoms with E-state index in [9.17, 15) is 9.59 Å². The number of aryl methyl sites for hydroxylation is 2. The van der Waals surface area contributed by atoms with E-state index in [1.54, 1.807) is 11.9 Å². The third-order valence-electron chi connectivity index (χ3n) is 7.21. The lowest BCUT2D eigenvalue weighted by molar-refractivity contribution is -0.137. The Hall–Kier alpha value is -2.32. The van der Waals surface area contributed by atoms with Crippen LogP contribution in [0.15, 0.2) is 22.5 Å². The van der Waals surface area contributed by atoms with Crippen LogP contribution in [0.2, 0.25) is 0 Å². The fraction of sp³-hybridized carbons (Fsp3) is 0.607. The number of amidine groups is 1. The van der Waals surface area contributed by atoms with Crippen LogP contribution >= 0.6 is 11.9 Å². The molecule has 1 spiro atoms. The smallest absolute Gasteiger partial charge is 0.303 e. The van der Waals surface area contributed by atoms with Crippen molar-refractivity contribution in [3.05, 3.63) is 34.2 Å². The number of unbranched alkanes of at least 4 members (excludes halogenated alkanes) is 6. The van der Waals surface area contributed by atoms with Crippen molar-refractivity contribution >= 4 is 41.4 Å². The average molecular weight is 515 g/mol. The summed E-state index contributed by atoms with van der Waals surface area (Å²) in [4.78, 5) is 28.2. The zero-order valence-electron chi connectivity index (χ0n) is 22.1. The fourth-order valence-corrected chi connectivity index (χ4v) is 5.78. The maximum atomic E-state index is 12.8. The number of rotatable bonds is 14. The number of benzene rings is 1. The second kappa shape index (κ2) is 13.8. The molecule has 36 heavy (non-hydrogen) atoms. The summed E-state index contributed by atoms with van der Waals surface area (Å²) in [5.74, 6) is 0.232. The highest BCUT2D eigenvalue weighted by atomic mass is 32.2. The van der Waals surface area contributed by atoms with Crippen LogP contribution in [0.1, 0.15) is 87.3 Å². The number of aliphatic imine (C=N–C) groups is 1. The third kappa shape index (κ3) is 8.10. The van der Waals surface area contributed by atoms with E-state index in [1.165, 1.54) is 16.7 Å². The Morgan fingerprint density at radius 2 is 1.72 bits per heavy atom. The predicted molar refractivity (Wildman–Crippen MR) is 150 cm³/mol. The topological polar surface area (TPSA) is 94.0 Å². The molecule has 0 aliphatic carbocycles. The zero-order valence-corrected chi connectivity index (χ0v) is 22.9. The molecule has 0 unspecified atom stereocenters. The van der Waals surface area contributed by atoms with Gasteiger partial charge in [0.15, 0.2) is 0 Å². The Labute approximate surface area is 220 Å². The number of hydrogen-bond acceptors (Lipinski definition) is 6. The molecule has 2 aliphatic heterocycles. The number of nitrogens with zero attached hydrogens (tertiary/aromatic N) is 2. The Balaban J connectivity index is 1.37. The van der Waals surface area contributed by atoms with E-state index in [-0.39, 0.29) is 12.3 Å². The minimum Gasteiger partial charge on any atom is -0.481 e. The summed E-state index contributed by atoms with van der Waals surface area (Å²) >= 11 is 1.72. The molecule has 8 heteroatoms. The van der Waals surface area contributed by atoms with Crippen LogP contribution < -0.4 is 10.6 Å². The van der Waals surface area contributed by atoms with Gasteiger partial charge in [-0.2, -0.15) is 0 Å². The van der Waals surface area contributed by atoms with Crippen molar-refractivity contribution in [2.45, 2.75) is 90.0 Å². The number of aliphatic carboxylic acids is 1. The van der Waals surface area contributed by atoms with Gasteiger partial charge >= 0.3 is 5.97 Å². The fourth-order valence-electron chi connectivity index (χ4n) is 5.02. The summed E-state index contributed by atoms with van der Waals surface area (Å²) in [5.41, 5.74) is 4.34. The molecule has 0 aromatic heterocycles. The quantitative estimate of drug-likeness (QED) is 0.211. The van der Waals surface area contributed by atoms with Crippen molar-refractivity contribution in [3.63, 3.8) is 0 Å². The van der Waals surface area contributed by atoms with Gasteiger partial charge in [0.1, 0.15) is 11.4 Å². The number of hydrogen-bond donors (Lipinski definition) is 3. The maximum absolute atomic E-state index is 12.8. The summed E-state index contributed by atoms with van der Waals surface area (Å²) in [6.45, 7) is 5.97. The number of nitrogens with one attached hydrogen (secondary N) is 2. The van der Waals surface area contributed by atoms with E-state index in [0.717, 1.165) is 88.8 Å². The molecule has 1 fully saturated rings. The van der Waals surface area contributed by atoms with Crippen LogP contribution in [0.4, 0.5) is 5.69 Å². The van der Waals surface area contributed by atoms with Crippen LogP contribution in [-0.4, -0.2) is 52.8 Å². The minimum atomic E-state index is -0.704. The molecular formula is C28H42N4O3S.